The van der Waals surface area contributed by atoms with Gasteiger partial charge in [0.2, 0.25) is 47.8 Å². The number of likely N-dealkylation sites (tertiary alicyclic amines) is 6. The van der Waals surface area contributed by atoms with Crippen LogP contribution in [-0.4, -0.2) is 242 Å². The summed E-state index contributed by atoms with van der Waals surface area (Å²) in [6, 6.07) is 36.1. The topological polar surface area (TPSA) is 303 Å². The molecule has 147 heavy (non-hydrogen) atoms. The Morgan fingerprint density at radius 2 is 0.646 bits per heavy atom. The number of amides is 6. The van der Waals surface area contributed by atoms with E-state index in [0.29, 0.717) is 66.9 Å². The molecule has 12 heterocycles. The first-order valence-corrected chi connectivity index (χ1v) is 60.1. The van der Waals surface area contributed by atoms with Gasteiger partial charge in [-0.1, -0.05) is 89.8 Å². The molecule has 30 heteroatoms. The van der Waals surface area contributed by atoms with Crippen LogP contribution in [0, 0.1) is 32.5 Å². The number of hydrogen-bond acceptors (Lipinski definition) is 18. The number of rotatable bonds is 20. The van der Waals surface area contributed by atoms with Gasteiger partial charge in [-0.2, -0.15) is 0 Å². The maximum Gasteiger partial charge on any atom is 0.264 e. The quantitative estimate of drug-likeness (QED) is 0.0638. The molecule has 9 unspecified atom stereocenters. The molecule has 12 fully saturated rings. The van der Waals surface area contributed by atoms with Gasteiger partial charge in [0.1, 0.15) is 17.2 Å². The maximum atomic E-state index is 15.0. The third kappa shape index (κ3) is 18.4. The molecule has 3 spiro atoms. The van der Waals surface area contributed by atoms with Gasteiger partial charge in [0.15, 0.2) is 0 Å². The molecular weight excluding hydrogens is 1910 g/mol. The molecule has 3 N–H and O–H groups in total. The lowest BCUT2D eigenvalue weighted by Crippen LogP contribution is -2.50. The number of carbonyl (C=O) groups is 6. The highest BCUT2D eigenvalue weighted by molar-refractivity contribution is 7.90. The third-order valence-electron chi connectivity index (χ3n) is 37.7. The monoisotopic (exact) mass is 2060 g/mol. The van der Waals surface area contributed by atoms with E-state index < -0.39 is 69.3 Å². The molecule has 0 radical (unpaired) electrons. The number of carbonyl (C=O) groups excluding carboxylic acids is 6. The number of fused-ring (bicyclic) bond motifs is 21. The SMILES string of the molecule is CCCS(=O)(=O)NC(=O)c1ccc2c(C3CCCCC3)c3n(c2c1)CC1(C(=O)N2CCCC4(CCN(C)C4)C2)CC1c1cc(OC)ccc1-3.CCCS(=O)(=O)NC(=O)c1ccc2c(C3CCCCC3)c3n(c2c1)CC1(C(=O)N2CCCC4(CCN(C)C4)C2)CC1c1cc(OC)ccc1-3.COc1ccc2c(c1)C1CC1(C(=O)N1CCCC3(CCN(C)C3)C1)Cn1c-2c(C2CCCCC2)c2ccc(C(=O)NS(=O)(=O)C(C)C)cc21. The molecule has 15 aliphatic rings. The fourth-order valence-electron chi connectivity index (χ4n) is 30.2. The van der Waals surface area contributed by atoms with E-state index in [1.807, 2.05) is 54.6 Å². The lowest BCUT2D eigenvalue weighted by molar-refractivity contribution is -0.142. The highest BCUT2D eigenvalue weighted by Crippen LogP contribution is 2.71. The normalized spacial score (nSPS) is 27.0. The van der Waals surface area contributed by atoms with Gasteiger partial charge in [0.05, 0.1) is 71.4 Å². The molecule has 786 valence electrons. The predicted molar refractivity (Wildman–Crippen MR) is 574 cm³/mol. The van der Waals surface area contributed by atoms with Crippen molar-refractivity contribution in [2.75, 3.05) is 133 Å². The van der Waals surface area contributed by atoms with Crippen molar-refractivity contribution in [3.05, 3.63) is 159 Å². The van der Waals surface area contributed by atoms with E-state index in [1.165, 1.54) is 110 Å². The fourth-order valence-corrected chi connectivity index (χ4v) is 32.9. The second kappa shape index (κ2) is 39.0. The minimum Gasteiger partial charge on any atom is -0.497 e. The Morgan fingerprint density at radius 1 is 0.354 bits per heavy atom. The highest BCUT2D eigenvalue weighted by atomic mass is 32.2. The summed E-state index contributed by atoms with van der Waals surface area (Å²) in [6.45, 7) is 19.5. The average Bonchev–Trinajstić information content (AvgIpc) is 1.52. The second-order valence-corrected chi connectivity index (χ2v) is 53.7. The van der Waals surface area contributed by atoms with Crippen molar-refractivity contribution in [3.8, 4) is 51.0 Å². The number of methoxy groups -OCH3 is 3. The van der Waals surface area contributed by atoms with Crippen LogP contribution in [0.2, 0.25) is 0 Å². The summed E-state index contributed by atoms with van der Waals surface area (Å²) in [5.41, 5.74) is 16.8. The van der Waals surface area contributed by atoms with Crippen LogP contribution in [0.1, 0.15) is 314 Å². The minimum atomic E-state index is -3.80. The van der Waals surface area contributed by atoms with Crippen LogP contribution in [-0.2, 0) is 64.1 Å². The van der Waals surface area contributed by atoms with Gasteiger partial charge in [-0.25, -0.2) is 39.4 Å². The zero-order chi connectivity index (χ0) is 103. The maximum absolute atomic E-state index is 15.0. The number of aromatic nitrogens is 3. The standard InChI is InChI=1S/3C39H50N4O5S/c1-25(2)49(46,47)40-36(44)27-11-13-30-33(19-27)43-24-39(37(45)42-17-8-15-38(23-42)16-18-41(3)22-38)21-32(39)31-20-28(48-4)12-14-29(31)35(43)34(30)26-9-6-5-7-10-26;2*1-4-19-49(46,47)40-36(44)27-11-13-30-33(20-27)43-25-39(37(45)42-17-8-15-38(24-42)16-18-41(2)23-38)22-32(39)31-21-28(48-3)12-14-29(31)35(43)34(30)26-9-6-5-7-10-26/h11-14,19-20,25-26,32H,5-10,15-18,21-24H2,1-4H3,(H,40,44);2*11-14,20-21,26,32H,4-10,15-19,22-25H2,1-3H3,(H,40,44). The van der Waals surface area contributed by atoms with Crippen molar-refractivity contribution in [1.29, 1.82) is 0 Å². The first-order valence-electron chi connectivity index (χ1n) is 55.2. The smallest absolute Gasteiger partial charge is 0.264 e. The van der Waals surface area contributed by atoms with Gasteiger partial charge in [-0.15, -0.1) is 0 Å². The number of benzene rings is 6. The molecule has 24 rings (SSSR count). The molecule has 6 saturated carbocycles. The summed E-state index contributed by atoms with van der Waals surface area (Å²) in [7, 11) is 0.408. The van der Waals surface area contributed by atoms with Gasteiger partial charge in [-0.05, 0) is 325 Å². The Bertz CT molecular complexity index is 6840. The number of nitrogens with zero attached hydrogens (tertiary/aromatic N) is 9. The largest absolute Gasteiger partial charge is 0.497 e. The molecule has 9 atom stereocenters. The first-order chi connectivity index (χ1) is 70.6. The molecular formula is C117H150N12O15S3. The lowest BCUT2D eigenvalue weighted by Gasteiger charge is -2.42. The molecule has 6 aliphatic carbocycles. The van der Waals surface area contributed by atoms with E-state index in [-0.39, 0.29) is 63.2 Å². The molecule has 6 saturated heterocycles. The van der Waals surface area contributed by atoms with Crippen LogP contribution in [0.4, 0.5) is 0 Å². The number of piperidine rings is 3. The predicted octanol–water partition coefficient (Wildman–Crippen LogP) is 18.8. The molecule has 27 nitrogen and oxygen atoms in total. The van der Waals surface area contributed by atoms with Crippen LogP contribution in [0.5, 0.6) is 17.2 Å². The number of nitrogens with one attached hydrogen (secondary N) is 3. The van der Waals surface area contributed by atoms with E-state index in [4.69, 9.17) is 14.2 Å². The van der Waals surface area contributed by atoms with Crippen LogP contribution >= 0.6 is 0 Å². The summed E-state index contributed by atoms with van der Waals surface area (Å²) in [4.78, 5) is 99.2. The van der Waals surface area contributed by atoms with Crippen molar-refractivity contribution in [2.24, 2.45) is 32.5 Å². The minimum absolute atomic E-state index is 0.0750. The summed E-state index contributed by atoms with van der Waals surface area (Å²) < 4.78 is 107. The molecule has 9 aliphatic heterocycles. The number of hydrogen-bond donors (Lipinski definition) is 3. The van der Waals surface area contributed by atoms with Crippen molar-refractivity contribution in [3.63, 3.8) is 0 Å². The Morgan fingerprint density at radius 3 is 0.912 bits per heavy atom. The summed E-state index contributed by atoms with van der Waals surface area (Å²) in [5, 5.41) is 2.57. The van der Waals surface area contributed by atoms with E-state index in [0.717, 1.165) is 259 Å². The highest BCUT2D eigenvalue weighted by Gasteiger charge is 2.68. The zero-order valence-electron chi connectivity index (χ0n) is 87.8. The van der Waals surface area contributed by atoms with Gasteiger partial charge in [-0.3, -0.25) is 28.8 Å². The Kier molecular flexibility index (Phi) is 26.9. The first kappa shape index (κ1) is 101. The van der Waals surface area contributed by atoms with Crippen molar-refractivity contribution in [1.82, 2.24) is 57.3 Å². The third-order valence-corrected chi connectivity index (χ3v) is 42.3. The van der Waals surface area contributed by atoms with Gasteiger partial charge < -0.3 is 57.3 Å². The Hall–Kier alpha value is -10.1. The molecule has 6 amide bonds. The van der Waals surface area contributed by atoms with Gasteiger partial charge >= 0.3 is 0 Å². The zero-order valence-corrected chi connectivity index (χ0v) is 90.3. The van der Waals surface area contributed by atoms with E-state index >= 15 is 14.4 Å². The summed E-state index contributed by atoms with van der Waals surface area (Å²) in [6.07, 6.45) is 30.6. The van der Waals surface area contributed by atoms with Crippen LogP contribution in [0.25, 0.3) is 66.5 Å². The van der Waals surface area contributed by atoms with Crippen LogP contribution < -0.4 is 28.4 Å². The molecule has 0 bridgehead atoms. The van der Waals surface area contributed by atoms with Crippen LogP contribution in [0.15, 0.2) is 109 Å². The Labute approximate surface area is 867 Å². The number of sulfonamides is 3. The second-order valence-electron chi connectivity index (χ2n) is 47.8. The van der Waals surface area contributed by atoms with Gasteiger partial charge in [0, 0.05) is 179 Å². The van der Waals surface area contributed by atoms with Crippen molar-refractivity contribution in [2.45, 2.75) is 274 Å². The summed E-state index contributed by atoms with van der Waals surface area (Å²) in [5.74, 6) is 2.45. The van der Waals surface area contributed by atoms with Crippen molar-refractivity contribution >= 4 is 98.2 Å². The summed E-state index contributed by atoms with van der Waals surface area (Å²) >= 11 is 0. The van der Waals surface area contributed by atoms with Gasteiger partial charge in [0.25, 0.3) is 17.7 Å². The molecule has 9 aromatic rings. The van der Waals surface area contributed by atoms with E-state index in [1.54, 1.807) is 67.2 Å². The number of ether oxygens (including phenoxy) is 3. The fraction of sp³-hybridized carbons (Fsp3) is 0.590. The lowest BCUT2D eigenvalue weighted by atomic mass is 9.78. The van der Waals surface area contributed by atoms with Crippen LogP contribution in [0.3, 0.4) is 0 Å². The van der Waals surface area contributed by atoms with Crippen molar-refractivity contribution < 1.29 is 68.2 Å². The molecule has 3 aromatic heterocycles. The Balaban J connectivity index is 0.000000125. The van der Waals surface area contributed by atoms with E-state index in [9.17, 15) is 39.6 Å². The molecule has 6 aromatic carbocycles. The average molecular weight is 2060 g/mol. The van der Waals surface area contributed by atoms with E-state index in [2.05, 4.69) is 115 Å².